The topological polar surface area (TPSA) is 167 Å². The van der Waals surface area contributed by atoms with Crippen molar-refractivity contribution in [3.05, 3.63) is 100 Å². The molecule has 3 aromatic carbocycles. The smallest absolute Gasteiger partial charge is 0.407 e. The number of halogens is 1. The second-order valence-electron chi connectivity index (χ2n) is 11.1. The van der Waals surface area contributed by atoms with Crippen molar-refractivity contribution in [2.75, 3.05) is 46.0 Å². The van der Waals surface area contributed by atoms with Crippen molar-refractivity contribution in [2.45, 2.75) is 0 Å². The van der Waals surface area contributed by atoms with E-state index in [2.05, 4.69) is 10.1 Å². The average molecular weight is 656 g/mol. The number of nitrogens with two attached hydrogens (primary N) is 1. The highest BCUT2D eigenvalue weighted by Gasteiger charge is 2.26. The van der Waals surface area contributed by atoms with E-state index in [-0.39, 0.29) is 47.0 Å². The number of carbonyl (C=O) groups is 4. The van der Waals surface area contributed by atoms with Gasteiger partial charge in [-0.2, -0.15) is 5.10 Å². The van der Waals surface area contributed by atoms with Crippen molar-refractivity contribution < 1.29 is 29.0 Å². The fourth-order valence-corrected chi connectivity index (χ4v) is 5.61. The first-order valence-corrected chi connectivity index (χ1v) is 15.0. The number of carboxylic acid groups (broad SMARTS) is 1. The SMILES string of the molecule is CN(C)C(=O)c1ccccc1Oc1ccc(-n2ncc(C(=O)c3cc4cc(C(=O)N5CCN(C(=O)O)CC5)ccc4[nH]3)c2N)c(Cl)c1. The Morgan fingerprint density at radius 3 is 2.36 bits per heavy atom. The molecule has 1 saturated heterocycles. The maximum Gasteiger partial charge on any atom is 0.407 e. The first-order chi connectivity index (χ1) is 22.5. The van der Waals surface area contributed by atoms with Crippen LogP contribution < -0.4 is 10.5 Å². The van der Waals surface area contributed by atoms with Crippen LogP contribution in [0.5, 0.6) is 11.5 Å². The number of aromatic amines is 1. The zero-order valence-corrected chi connectivity index (χ0v) is 26.2. The largest absolute Gasteiger partial charge is 0.465 e. The number of fused-ring (bicyclic) bond motifs is 1. The number of H-pyrrole nitrogens is 1. The van der Waals surface area contributed by atoms with Gasteiger partial charge < -0.3 is 35.3 Å². The van der Waals surface area contributed by atoms with Gasteiger partial charge in [0.1, 0.15) is 17.3 Å². The Kier molecular flexibility index (Phi) is 8.31. The van der Waals surface area contributed by atoms with E-state index in [1.54, 1.807) is 85.7 Å². The van der Waals surface area contributed by atoms with Gasteiger partial charge in [-0.1, -0.05) is 23.7 Å². The van der Waals surface area contributed by atoms with Gasteiger partial charge in [0.2, 0.25) is 5.78 Å². The Hall–Kier alpha value is -5.82. The Labute approximate surface area is 273 Å². The molecule has 1 aliphatic rings. The number of carbonyl (C=O) groups excluding carboxylic acids is 3. The summed E-state index contributed by atoms with van der Waals surface area (Å²) in [6.07, 6.45) is 0.358. The van der Waals surface area contributed by atoms with Gasteiger partial charge in [-0.3, -0.25) is 14.4 Å². The maximum atomic E-state index is 13.5. The molecule has 0 unspecified atom stereocenters. The summed E-state index contributed by atoms with van der Waals surface area (Å²) < 4.78 is 7.34. The molecule has 2 aromatic heterocycles. The molecule has 0 atom stereocenters. The molecule has 240 valence electrons. The van der Waals surface area contributed by atoms with Gasteiger partial charge in [-0.05, 0) is 48.5 Å². The van der Waals surface area contributed by atoms with E-state index in [1.807, 2.05) is 0 Å². The number of benzene rings is 3. The number of anilines is 1. The minimum absolute atomic E-state index is 0.0718. The second-order valence-corrected chi connectivity index (χ2v) is 11.5. The van der Waals surface area contributed by atoms with Crippen molar-refractivity contribution in [3.8, 4) is 17.2 Å². The number of nitrogen functional groups attached to an aromatic ring is 1. The highest BCUT2D eigenvalue weighted by Crippen LogP contribution is 2.32. The third kappa shape index (κ3) is 6.08. The predicted molar refractivity (Wildman–Crippen MR) is 175 cm³/mol. The first-order valence-electron chi connectivity index (χ1n) is 14.6. The van der Waals surface area contributed by atoms with E-state index in [9.17, 15) is 19.2 Å². The van der Waals surface area contributed by atoms with Gasteiger partial charge in [0, 0.05) is 62.8 Å². The molecule has 13 nitrogen and oxygen atoms in total. The zero-order chi connectivity index (χ0) is 33.4. The second kappa shape index (κ2) is 12.5. The highest BCUT2D eigenvalue weighted by atomic mass is 35.5. The molecule has 6 rings (SSSR count). The number of piperazine rings is 1. The standard InChI is InChI=1S/C33H30ClN7O6/c1-38(2)32(44)22-5-3-4-6-28(22)47-21-8-10-27(24(34)17-21)41-30(35)23(18-36-41)29(42)26-16-20-15-19(7-9-25(20)37-26)31(43)39-11-13-40(14-12-39)33(45)46/h3-10,15-18,37H,11-14,35H2,1-2H3,(H,45,46). The quantitative estimate of drug-likeness (QED) is 0.211. The molecule has 4 N–H and O–H groups in total. The number of para-hydroxylation sites is 1. The summed E-state index contributed by atoms with van der Waals surface area (Å²) in [6.45, 7) is 1.10. The Bertz CT molecular complexity index is 2040. The number of hydrogen-bond donors (Lipinski definition) is 3. The molecule has 3 amide bonds. The molecule has 0 spiro atoms. The van der Waals surface area contributed by atoms with Crippen LogP contribution in [0.1, 0.15) is 36.8 Å². The monoisotopic (exact) mass is 655 g/mol. The summed E-state index contributed by atoms with van der Waals surface area (Å²) in [5.41, 5.74) is 8.70. The number of nitrogens with one attached hydrogen (secondary N) is 1. The molecule has 0 aliphatic carbocycles. The summed E-state index contributed by atoms with van der Waals surface area (Å²) in [7, 11) is 3.32. The van der Waals surface area contributed by atoms with Gasteiger partial charge in [-0.25, -0.2) is 9.48 Å². The van der Waals surface area contributed by atoms with Crippen LogP contribution >= 0.6 is 11.6 Å². The van der Waals surface area contributed by atoms with E-state index >= 15 is 0 Å². The van der Waals surface area contributed by atoms with E-state index in [1.165, 1.54) is 20.7 Å². The zero-order valence-electron chi connectivity index (χ0n) is 25.4. The van der Waals surface area contributed by atoms with Crippen molar-refractivity contribution in [1.82, 2.24) is 29.5 Å². The molecule has 14 heteroatoms. The lowest BCUT2D eigenvalue weighted by molar-refractivity contribution is 0.0625. The highest BCUT2D eigenvalue weighted by molar-refractivity contribution is 6.32. The van der Waals surface area contributed by atoms with Crippen molar-refractivity contribution >= 4 is 52.0 Å². The van der Waals surface area contributed by atoms with Gasteiger partial charge in [0.15, 0.2) is 0 Å². The van der Waals surface area contributed by atoms with Gasteiger partial charge in [-0.15, -0.1) is 0 Å². The number of nitrogens with zero attached hydrogens (tertiary/aromatic N) is 5. The van der Waals surface area contributed by atoms with Crippen LogP contribution in [-0.4, -0.2) is 98.5 Å². The lowest BCUT2D eigenvalue weighted by Gasteiger charge is -2.33. The summed E-state index contributed by atoms with van der Waals surface area (Å²) in [6, 6.07) is 18.5. The molecule has 0 bridgehead atoms. The normalized spacial score (nSPS) is 13.1. The maximum absolute atomic E-state index is 13.5. The molecule has 1 fully saturated rings. The van der Waals surface area contributed by atoms with Crippen LogP contribution in [0.2, 0.25) is 5.02 Å². The summed E-state index contributed by atoms with van der Waals surface area (Å²) in [5.74, 6) is 0.00883. The molecule has 3 heterocycles. The van der Waals surface area contributed by atoms with Gasteiger partial charge in [0.05, 0.1) is 33.7 Å². The van der Waals surface area contributed by atoms with Crippen LogP contribution in [0, 0.1) is 0 Å². The molecular formula is C33H30ClN7O6. The number of ketones is 1. The Morgan fingerprint density at radius 2 is 1.66 bits per heavy atom. The van der Waals surface area contributed by atoms with E-state index in [0.717, 1.165) is 0 Å². The summed E-state index contributed by atoms with van der Waals surface area (Å²) in [4.78, 5) is 57.8. The van der Waals surface area contributed by atoms with Crippen LogP contribution in [0.4, 0.5) is 10.6 Å². The lowest BCUT2D eigenvalue weighted by atomic mass is 10.1. The number of aromatic nitrogens is 3. The van der Waals surface area contributed by atoms with Crippen molar-refractivity contribution in [2.24, 2.45) is 0 Å². The van der Waals surface area contributed by atoms with Crippen LogP contribution in [0.25, 0.3) is 16.6 Å². The summed E-state index contributed by atoms with van der Waals surface area (Å²) in [5, 5.41) is 14.4. The van der Waals surface area contributed by atoms with Crippen molar-refractivity contribution in [1.29, 1.82) is 0 Å². The van der Waals surface area contributed by atoms with Gasteiger partial charge >= 0.3 is 6.09 Å². The fraction of sp³-hybridized carbons (Fsp3) is 0.182. The minimum atomic E-state index is -1.00. The van der Waals surface area contributed by atoms with Crippen LogP contribution in [0.3, 0.4) is 0 Å². The molecular weight excluding hydrogens is 626 g/mol. The first kappa shape index (κ1) is 31.2. The fourth-order valence-electron chi connectivity index (χ4n) is 5.36. The number of amides is 3. The van der Waals surface area contributed by atoms with Gasteiger partial charge in [0.25, 0.3) is 11.8 Å². The molecule has 0 saturated carbocycles. The number of rotatable bonds is 7. The van der Waals surface area contributed by atoms with E-state index in [0.29, 0.717) is 52.3 Å². The number of ether oxygens (including phenoxy) is 1. The lowest BCUT2D eigenvalue weighted by Crippen LogP contribution is -2.50. The molecule has 1 aliphatic heterocycles. The summed E-state index contributed by atoms with van der Waals surface area (Å²) >= 11 is 6.61. The molecule has 0 radical (unpaired) electrons. The van der Waals surface area contributed by atoms with E-state index < -0.39 is 11.9 Å². The van der Waals surface area contributed by atoms with Crippen LogP contribution in [-0.2, 0) is 0 Å². The molecule has 5 aromatic rings. The third-order valence-electron chi connectivity index (χ3n) is 7.90. The van der Waals surface area contributed by atoms with E-state index in [4.69, 9.17) is 27.2 Å². The molecule has 47 heavy (non-hydrogen) atoms. The Morgan fingerprint density at radius 1 is 0.936 bits per heavy atom. The van der Waals surface area contributed by atoms with Crippen LogP contribution in [0.15, 0.2) is 72.9 Å². The number of hydrogen-bond acceptors (Lipinski definition) is 7. The van der Waals surface area contributed by atoms with Crippen molar-refractivity contribution in [3.63, 3.8) is 0 Å². The third-order valence-corrected chi connectivity index (χ3v) is 8.20. The Balaban J connectivity index is 1.19. The predicted octanol–water partition coefficient (Wildman–Crippen LogP) is 4.75. The average Bonchev–Trinajstić information content (AvgIpc) is 3.67. The minimum Gasteiger partial charge on any atom is -0.465 e.